The van der Waals surface area contributed by atoms with Crippen LogP contribution in [0.3, 0.4) is 0 Å². The van der Waals surface area contributed by atoms with E-state index in [0.717, 1.165) is 35.2 Å². The Kier molecular flexibility index (Phi) is 3.95. The van der Waals surface area contributed by atoms with Gasteiger partial charge in [0.25, 0.3) is 0 Å². The summed E-state index contributed by atoms with van der Waals surface area (Å²) in [7, 11) is 0. The number of nitrogens with zero attached hydrogens (tertiary/aromatic N) is 2. The van der Waals surface area contributed by atoms with Crippen LogP contribution < -0.4 is 5.32 Å². The second-order valence-corrected chi connectivity index (χ2v) is 6.75. The fourth-order valence-corrected chi connectivity index (χ4v) is 3.98. The maximum absolute atomic E-state index is 12.8. The Bertz CT molecular complexity index is 836. The van der Waals surface area contributed by atoms with Gasteiger partial charge in [0.1, 0.15) is 6.33 Å². The Hall–Kier alpha value is -2.76. The predicted molar refractivity (Wildman–Crippen MR) is 89.9 cm³/mol. The summed E-state index contributed by atoms with van der Waals surface area (Å²) < 4.78 is 0. The normalized spacial score (nSPS) is 24.2. The Morgan fingerprint density at radius 2 is 2.00 bits per heavy atom. The number of carboxylic acid groups (broad SMARTS) is 1. The van der Waals surface area contributed by atoms with Crippen LogP contribution in [-0.4, -0.2) is 27.0 Å². The summed E-state index contributed by atoms with van der Waals surface area (Å²) in [5, 5.41) is 12.5. The van der Waals surface area contributed by atoms with Crippen molar-refractivity contribution in [1.82, 2.24) is 15.3 Å². The number of amides is 1. The molecular weight excluding hydrogens is 318 g/mol. The van der Waals surface area contributed by atoms with Gasteiger partial charge in [0.05, 0.1) is 12.0 Å². The van der Waals surface area contributed by atoms with Crippen LogP contribution in [0.25, 0.3) is 0 Å². The molecule has 2 N–H and O–H groups in total. The van der Waals surface area contributed by atoms with E-state index >= 15 is 0 Å². The molecule has 0 spiro atoms. The van der Waals surface area contributed by atoms with Gasteiger partial charge in [0, 0.05) is 17.8 Å². The van der Waals surface area contributed by atoms with E-state index in [9.17, 15) is 14.7 Å². The maximum Gasteiger partial charge on any atom is 0.311 e. The van der Waals surface area contributed by atoms with Crippen LogP contribution in [-0.2, 0) is 22.4 Å². The first-order chi connectivity index (χ1) is 12.1. The van der Waals surface area contributed by atoms with Gasteiger partial charge in [0.2, 0.25) is 5.91 Å². The van der Waals surface area contributed by atoms with Crippen molar-refractivity contribution in [2.75, 3.05) is 0 Å². The lowest BCUT2D eigenvalue weighted by atomic mass is 9.86. The number of rotatable bonds is 3. The Morgan fingerprint density at radius 3 is 2.80 bits per heavy atom. The van der Waals surface area contributed by atoms with Crippen molar-refractivity contribution in [3.8, 4) is 0 Å². The van der Waals surface area contributed by atoms with Gasteiger partial charge in [0.15, 0.2) is 0 Å². The first kappa shape index (κ1) is 15.7. The van der Waals surface area contributed by atoms with E-state index in [1.165, 1.54) is 0 Å². The lowest BCUT2D eigenvalue weighted by molar-refractivity contribution is -0.139. The molecule has 0 fully saturated rings. The third-order valence-corrected chi connectivity index (χ3v) is 5.28. The summed E-state index contributed by atoms with van der Waals surface area (Å²) in [5.74, 6) is -1.52. The number of aryl methyl sites for hydroxylation is 1. The van der Waals surface area contributed by atoms with Crippen molar-refractivity contribution in [3.63, 3.8) is 0 Å². The molecule has 6 heteroatoms. The van der Waals surface area contributed by atoms with Crippen molar-refractivity contribution in [3.05, 3.63) is 59.2 Å². The van der Waals surface area contributed by atoms with Crippen LogP contribution in [0, 0.1) is 5.92 Å². The number of carbonyl (C=O) groups is 2. The minimum absolute atomic E-state index is 0.0136. The second-order valence-electron chi connectivity index (χ2n) is 6.75. The van der Waals surface area contributed by atoms with Crippen molar-refractivity contribution in [1.29, 1.82) is 0 Å². The van der Waals surface area contributed by atoms with Gasteiger partial charge in [-0.25, -0.2) is 9.97 Å². The van der Waals surface area contributed by atoms with Crippen LogP contribution >= 0.6 is 0 Å². The highest BCUT2D eigenvalue weighted by molar-refractivity contribution is 5.82. The number of carbonyl (C=O) groups excluding carboxylic acids is 1. The second kappa shape index (κ2) is 6.27. The lowest BCUT2D eigenvalue weighted by Crippen LogP contribution is -2.36. The zero-order chi connectivity index (χ0) is 17.4. The maximum atomic E-state index is 12.8. The fourth-order valence-electron chi connectivity index (χ4n) is 3.98. The minimum Gasteiger partial charge on any atom is -0.481 e. The zero-order valence-electron chi connectivity index (χ0n) is 13.7. The molecule has 0 saturated heterocycles. The van der Waals surface area contributed by atoms with E-state index in [0.29, 0.717) is 12.8 Å². The molecule has 0 saturated carbocycles. The summed E-state index contributed by atoms with van der Waals surface area (Å²) in [6.07, 6.45) is 5.90. The van der Waals surface area contributed by atoms with Crippen LogP contribution in [0.5, 0.6) is 0 Å². The first-order valence-electron chi connectivity index (χ1n) is 8.53. The van der Waals surface area contributed by atoms with E-state index < -0.39 is 11.9 Å². The van der Waals surface area contributed by atoms with E-state index in [2.05, 4.69) is 15.3 Å². The van der Waals surface area contributed by atoms with Crippen LogP contribution in [0.4, 0.5) is 0 Å². The standard InChI is InChI=1S/C19H19N3O3/c23-18(11-5-6-16-12(7-11)9-20-10-21-16)22-17-8-15(19(24)25)13-3-1-2-4-14(13)17/h1-4,9-11,15,17H,5-8H2,(H,22,23)(H,24,25). The average Bonchev–Trinajstić information content (AvgIpc) is 3.00. The molecule has 0 bridgehead atoms. The molecular formula is C19H19N3O3. The van der Waals surface area contributed by atoms with Crippen molar-refractivity contribution in [2.24, 2.45) is 5.92 Å². The monoisotopic (exact) mass is 337 g/mol. The summed E-state index contributed by atoms with van der Waals surface area (Å²) in [4.78, 5) is 32.6. The van der Waals surface area contributed by atoms with Gasteiger partial charge in [-0.15, -0.1) is 0 Å². The molecule has 0 aliphatic heterocycles. The molecule has 128 valence electrons. The number of benzene rings is 1. The molecule has 1 heterocycles. The predicted octanol–water partition coefficient (Wildman–Crippen LogP) is 2.01. The number of fused-ring (bicyclic) bond motifs is 2. The molecule has 3 atom stereocenters. The summed E-state index contributed by atoms with van der Waals surface area (Å²) in [5.41, 5.74) is 3.78. The summed E-state index contributed by atoms with van der Waals surface area (Å²) in [6.45, 7) is 0. The Balaban J connectivity index is 1.50. The molecule has 0 radical (unpaired) electrons. The van der Waals surface area contributed by atoms with Gasteiger partial charge < -0.3 is 10.4 Å². The van der Waals surface area contributed by atoms with Crippen molar-refractivity contribution in [2.45, 2.75) is 37.6 Å². The highest BCUT2D eigenvalue weighted by atomic mass is 16.4. The van der Waals surface area contributed by atoms with Crippen LogP contribution in [0.1, 0.15) is 47.2 Å². The summed E-state index contributed by atoms with van der Waals surface area (Å²) in [6, 6.07) is 7.24. The largest absolute Gasteiger partial charge is 0.481 e. The van der Waals surface area contributed by atoms with Crippen molar-refractivity contribution >= 4 is 11.9 Å². The lowest BCUT2D eigenvalue weighted by Gasteiger charge is -2.24. The van der Waals surface area contributed by atoms with Gasteiger partial charge in [-0.05, 0) is 42.4 Å². The zero-order valence-corrected chi connectivity index (χ0v) is 13.7. The number of hydrogen-bond acceptors (Lipinski definition) is 4. The molecule has 6 nitrogen and oxygen atoms in total. The smallest absolute Gasteiger partial charge is 0.311 e. The average molecular weight is 337 g/mol. The molecule has 3 unspecified atom stereocenters. The third kappa shape index (κ3) is 2.88. The minimum atomic E-state index is -0.840. The number of aromatic nitrogens is 2. The van der Waals surface area contributed by atoms with Gasteiger partial charge in [-0.3, -0.25) is 9.59 Å². The highest BCUT2D eigenvalue weighted by Crippen LogP contribution is 2.40. The number of aliphatic carboxylic acids is 1. The summed E-state index contributed by atoms with van der Waals surface area (Å²) >= 11 is 0. The van der Waals surface area contributed by atoms with Crippen LogP contribution in [0.2, 0.25) is 0 Å². The van der Waals surface area contributed by atoms with E-state index in [1.54, 1.807) is 12.5 Å². The van der Waals surface area contributed by atoms with Gasteiger partial charge in [-0.1, -0.05) is 24.3 Å². The third-order valence-electron chi connectivity index (χ3n) is 5.28. The number of carboxylic acids is 1. The van der Waals surface area contributed by atoms with Gasteiger partial charge in [-0.2, -0.15) is 0 Å². The Morgan fingerprint density at radius 1 is 1.20 bits per heavy atom. The topological polar surface area (TPSA) is 92.2 Å². The first-order valence-corrected chi connectivity index (χ1v) is 8.53. The fraction of sp³-hybridized carbons (Fsp3) is 0.368. The molecule has 1 aromatic carbocycles. The number of hydrogen-bond donors (Lipinski definition) is 2. The number of nitrogens with one attached hydrogen (secondary N) is 1. The molecule has 2 aromatic rings. The quantitative estimate of drug-likeness (QED) is 0.894. The molecule has 2 aliphatic rings. The molecule has 1 aromatic heterocycles. The molecule has 1 amide bonds. The van der Waals surface area contributed by atoms with Gasteiger partial charge >= 0.3 is 5.97 Å². The SMILES string of the molecule is O=C(NC1CC(C(=O)O)c2ccccc21)C1CCc2ncncc2C1. The molecule has 4 rings (SSSR count). The van der Waals surface area contributed by atoms with Crippen LogP contribution in [0.15, 0.2) is 36.8 Å². The van der Waals surface area contributed by atoms with E-state index in [1.807, 2.05) is 24.3 Å². The van der Waals surface area contributed by atoms with E-state index in [-0.39, 0.29) is 17.9 Å². The highest BCUT2D eigenvalue weighted by Gasteiger charge is 2.37. The van der Waals surface area contributed by atoms with Crippen molar-refractivity contribution < 1.29 is 14.7 Å². The Labute approximate surface area is 145 Å². The molecule has 25 heavy (non-hydrogen) atoms. The van der Waals surface area contributed by atoms with E-state index in [4.69, 9.17) is 0 Å². The molecule has 2 aliphatic carbocycles.